The molecule has 2 rings (SSSR count). The number of rotatable bonds is 5. The Hall–Kier alpha value is -2.13. The summed E-state index contributed by atoms with van der Waals surface area (Å²) in [6, 6.07) is 2.16. The molecular weight excluding hydrogens is 332 g/mol. The summed E-state index contributed by atoms with van der Waals surface area (Å²) < 4.78 is 28.5. The molecule has 0 radical (unpaired) electrons. The minimum Gasteiger partial charge on any atom is -0.276 e. The maximum Gasteiger partial charge on any atom is 0.275 e. The van der Waals surface area contributed by atoms with Crippen LogP contribution < -0.4 is 4.72 Å². The molecule has 0 fully saturated rings. The zero-order valence-corrected chi connectivity index (χ0v) is 13.3. The fourth-order valence-electron chi connectivity index (χ4n) is 1.79. The Morgan fingerprint density at radius 2 is 2.14 bits per heavy atom. The van der Waals surface area contributed by atoms with Crippen molar-refractivity contribution in [3.63, 3.8) is 0 Å². The highest BCUT2D eigenvalue weighted by Gasteiger charge is 2.23. The van der Waals surface area contributed by atoms with Gasteiger partial charge < -0.3 is 0 Å². The molecule has 22 heavy (non-hydrogen) atoms. The monoisotopic (exact) mass is 344 g/mol. The van der Waals surface area contributed by atoms with Gasteiger partial charge in [-0.3, -0.25) is 19.5 Å². The van der Waals surface area contributed by atoms with Gasteiger partial charge in [-0.1, -0.05) is 11.6 Å². The van der Waals surface area contributed by atoms with E-state index in [0.29, 0.717) is 6.54 Å². The molecule has 1 heterocycles. The third-order valence-electron chi connectivity index (χ3n) is 3.01. The number of nitro benzene ring substituents is 1. The fraction of sp³-hybridized carbons (Fsp3) is 0.250. The second-order valence-corrected chi connectivity index (χ2v) is 6.59. The normalized spacial score (nSPS) is 11.4. The minimum absolute atomic E-state index is 0.0128. The zero-order chi connectivity index (χ0) is 16.5. The molecule has 0 aliphatic rings. The molecule has 0 aliphatic heterocycles. The first-order valence-corrected chi connectivity index (χ1v) is 8.10. The lowest BCUT2D eigenvalue weighted by molar-refractivity contribution is -0.385. The second kappa shape index (κ2) is 5.93. The van der Waals surface area contributed by atoms with Crippen LogP contribution in [0, 0.1) is 17.0 Å². The van der Waals surface area contributed by atoms with Gasteiger partial charge in [0.2, 0.25) is 0 Å². The van der Waals surface area contributed by atoms with Crippen molar-refractivity contribution < 1.29 is 13.3 Å². The summed E-state index contributed by atoms with van der Waals surface area (Å²) in [4.78, 5) is 10.0. The summed E-state index contributed by atoms with van der Waals surface area (Å²) in [6.45, 7) is 3.90. The summed E-state index contributed by atoms with van der Waals surface area (Å²) in [5.41, 5.74) is 0.128. The third kappa shape index (κ3) is 3.20. The van der Waals surface area contributed by atoms with E-state index in [4.69, 9.17) is 11.6 Å². The third-order valence-corrected chi connectivity index (χ3v) is 4.76. The highest BCUT2D eigenvalue weighted by Crippen LogP contribution is 2.30. The van der Waals surface area contributed by atoms with E-state index in [1.807, 2.05) is 6.92 Å². The quantitative estimate of drug-likeness (QED) is 0.662. The Balaban J connectivity index is 2.43. The van der Waals surface area contributed by atoms with Crippen molar-refractivity contribution >= 4 is 33.0 Å². The Bertz CT molecular complexity index is 832. The van der Waals surface area contributed by atoms with Gasteiger partial charge in [0.1, 0.15) is 0 Å². The number of halogens is 1. The predicted octanol–water partition coefficient (Wildman–Crippen LogP) is 2.57. The zero-order valence-electron chi connectivity index (χ0n) is 11.8. The van der Waals surface area contributed by atoms with Crippen molar-refractivity contribution in [3.05, 3.63) is 45.2 Å². The molecular formula is C12H13ClN4O4S. The molecule has 0 unspecified atom stereocenters. The van der Waals surface area contributed by atoms with E-state index in [1.165, 1.54) is 25.4 Å². The number of aromatic nitrogens is 2. The molecule has 0 bridgehead atoms. The molecule has 1 aromatic carbocycles. The molecule has 1 N–H and O–H groups in total. The number of nitrogens with zero attached hydrogens (tertiary/aromatic N) is 3. The van der Waals surface area contributed by atoms with E-state index in [2.05, 4.69) is 9.82 Å². The Labute approximate surface area is 131 Å². The topological polar surface area (TPSA) is 107 Å². The van der Waals surface area contributed by atoms with E-state index in [-0.39, 0.29) is 26.9 Å². The molecule has 118 valence electrons. The van der Waals surface area contributed by atoms with Crippen LogP contribution >= 0.6 is 11.6 Å². The molecule has 0 saturated heterocycles. The van der Waals surface area contributed by atoms with Crippen LogP contribution in [-0.2, 0) is 16.6 Å². The van der Waals surface area contributed by atoms with Crippen LogP contribution in [-0.4, -0.2) is 23.1 Å². The maximum absolute atomic E-state index is 12.3. The molecule has 1 aromatic heterocycles. The van der Waals surface area contributed by atoms with Gasteiger partial charge in [0.15, 0.2) is 0 Å². The van der Waals surface area contributed by atoms with Crippen LogP contribution in [0.1, 0.15) is 12.5 Å². The fourth-order valence-corrected chi connectivity index (χ4v) is 3.14. The van der Waals surface area contributed by atoms with Crippen molar-refractivity contribution in [1.29, 1.82) is 0 Å². The molecule has 0 atom stereocenters. The van der Waals surface area contributed by atoms with Crippen LogP contribution in [0.15, 0.2) is 29.4 Å². The van der Waals surface area contributed by atoms with E-state index >= 15 is 0 Å². The predicted molar refractivity (Wildman–Crippen MR) is 81.6 cm³/mol. The van der Waals surface area contributed by atoms with Crippen molar-refractivity contribution in [2.24, 2.45) is 0 Å². The van der Waals surface area contributed by atoms with Crippen molar-refractivity contribution in [2.45, 2.75) is 25.3 Å². The number of aryl methyl sites for hydroxylation is 1. The lowest BCUT2D eigenvalue weighted by atomic mass is 10.2. The molecule has 0 spiro atoms. The highest BCUT2D eigenvalue weighted by molar-refractivity contribution is 7.92. The van der Waals surface area contributed by atoms with Crippen LogP contribution in [0.4, 0.5) is 11.4 Å². The second-order valence-electron chi connectivity index (χ2n) is 4.50. The smallest absolute Gasteiger partial charge is 0.275 e. The Morgan fingerprint density at radius 1 is 1.45 bits per heavy atom. The molecule has 0 aliphatic carbocycles. The van der Waals surface area contributed by atoms with Crippen molar-refractivity contribution in [2.75, 3.05) is 4.72 Å². The lowest BCUT2D eigenvalue weighted by Crippen LogP contribution is -2.13. The van der Waals surface area contributed by atoms with Gasteiger partial charge in [0.05, 0.1) is 26.7 Å². The summed E-state index contributed by atoms with van der Waals surface area (Å²) in [6.07, 6.45) is 2.87. The number of benzene rings is 1. The Morgan fingerprint density at radius 3 is 2.68 bits per heavy atom. The van der Waals surface area contributed by atoms with Crippen molar-refractivity contribution in [3.8, 4) is 0 Å². The molecule has 0 saturated carbocycles. The summed E-state index contributed by atoms with van der Waals surface area (Å²) >= 11 is 5.89. The van der Waals surface area contributed by atoms with Crippen LogP contribution in [0.25, 0.3) is 0 Å². The first-order chi connectivity index (χ1) is 10.2. The van der Waals surface area contributed by atoms with E-state index in [9.17, 15) is 18.5 Å². The molecule has 0 amide bonds. The average molecular weight is 345 g/mol. The number of sulfonamides is 1. The summed E-state index contributed by atoms with van der Waals surface area (Å²) in [5.74, 6) is 0. The average Bonchev–Trinajstić information content (AvgIpc) is 2.88. The van der Waals surface area contributed by atoms with Gasteiger partial charge in [-0.2, -0.15) is 5.10 Å². The Kier molecular flexibility index (Phi) is 4.38. The van der Waals surface area contributed by atoms with E-state index in [1.54, 1.807) is 4.68 Å². The molecule has 2 aromatic rings. The SMILES string of the molecule is CCn1cc(NS(=O)(=O)c2cc(Cl)c(C)c([N+](=O)[O-])c2)cn1. The number of nitrogens with one attached hydrogen (secondary N) is 1. The van der Waals surface area contributed by atoms with Gasteiger partial charge in [-0.05, 0) is 19.9 Å². The number of nitro groups is 1. The highest BCUT2D eigenvalue weighted by atomic mass is 35.5. The number of hydrogen-bond acceptors (Lipinski definition) is 5. The summed E-state index contributed by atoms with van der Waals surface area (Å²) in [5, 5.41) is 14.9. The van der Waals surface area contributed by atoms with Crippen molar-refractivity contribution in [1.82, 2.24) is 9.78 Å². The van der Waals surface area contributed by atoms with Crippen LogP contribution in [0.5, 0.6) is 0 Å². The molecule has 8 nitrogen and oxygen atoms in total. The summed E-state index contributed by atoms with van der Waals surface area (Å²) in [7, 11) is -4.00. The first-order valence-electron chi connectivity index (χ1n) is 6.24. The number of anilines is 1. The maximum atomic E-state index is 12.3. The van der Waals surface area contributed by atoms with Gasteiger partial charge in [0.25, 0.3) is 15.7 Å². The minimum atomic E-state index is -4.00. The van der Waals surface area contributed by atoms with Gasteiger partial charge in [-0.15, -0.1) is 0 Å². The largest absolute Gasteiger partial charge is 0.276 e. The standard InChI is InChI=1S/C12H13ClN4O4S/c1-3-16-7-9(6-14-16)15-22(20,21)10-4-11(13)8(2)12(5-10)17(18)19/h4-7,15H,3H2,1-2H3. The van der Waals surface area contributed by atoms with E-state index < -0.39 is 14.9 Å². The molecule has 10 heteroatoms. The van der Waals surface area contributed by atoms with Crippen LogP contribution in [0.3, 0.4) is 0 Å². The van der Waals surface area contributed by atoms with Gasteiger partial charge in [-0.25, -0.2) is 8.42 Å². The van der Waals surface area contributed by atoms with Gasteiger partial charge in [0, 0.05) is 24.4 Å². The first kappa shape index (κ1) is 16.2. The van der Waals surface area contributed by atoms with Crippen LogP contribution in [0.2, 0.25) is 5.02 Å². The van der Waals surface area contributed by atoms with Gasteiger partial charge >= 0.3 is 0 Å². The lowest BCUT2D eigenvalue weighted by Gasteiger charge is -2.08. The number of hydrogen-bond donors (Lipinski definition) is 1. The van der Waals surface area contributed by atoms with E-state index in [0.717, 1.165) is 6.07 Å².